The summed E-state index contributed by atoms with van der Waals surface area (Å²) in [6.45, 7) is 11.1. The van der Waals surface area contributed by atoms with Gasteiger partial charge in [-0.15, -0.1) is 0 Å². The molecule has 4 aliphatic rings. The van der Waals surface area contributed by atoms with Gasteiger partial charge >= 0.3 is 5.97 Å². The second-order valence-corrected chi connectivity index (χ2v) is 14.8. The quantitative estimate of drug-likeness (QED) is 0.266. The number of cyclic esters (lactones) is 1. The first-order valence-electron chi connectivity index (χ1n) is 16.6. The van der Waals surface area contributed by atoms with Gasteiger partial charge in [-0.25, -0.2) is 0 Å². The highest BCUT2D eigenvalue weighted by molar-refractivity contribution is 5.99. The minimum Gasteiger partial charge on any atom is -0.455 e. The van der Waals surface area contributed by atoms with Crippen LogP contribution in [-0.2, 0) is 28.7 Å². The largest absolute Gasteiger partial charge is 0.455 e. The lowest BCUT2D eigenvalue weighted by Crippen LogP contribution is -2.60. The molecule has 250 valence electrons. The molecule has 4 aliphatic heterocycles. The Morgan fingerprint density at radius 3 is 2.43 bits per heavy atom. The Kier molecular flexibility index (Phi) is 9.80. The van der Waals surface area contributed by atoms with Crippen molar-refractivity contribution >= 4 is 23.7 Å². The maximum absolute atomic E-state index is 15.0. The average molecular weight is 636 g/mol. The first kappa shape index (κ1) is 33.9. The number of unbranched alkanes of at least 4 members (excludes halogenated alkanes) is 1. The molecule has 10 heteroatoms. The highest BCUT2D eigenvalue weighted by Crippen LogP contribution is 2.56. The van der Waals surface area contributed by atoms with E-state index in [1.165, 1.54) is 0 Å². The molecule has 0 radical (unpaired) electrons. The van der Waals surface area contributed by atoms with Crippen molar-refractivity contribution in [2.45, 2.75) is 96.1 Å². The third-order valence-electron chi connectivity index (χ3n) is 9.55. The van der Waals surface area contributed by atoms with E-state index in [9.17, 15) is 24.3 Å². The molecule has 0 aromatic heterocycles. The number of benzene rings is 1. The summed E-state index contributed by atoms with van der Waals surface area (Å²) in [4.78, 5) is 59.6. The monoisotopic (exact) mass is 635 g/mol. The predicted octanol–water partition coefficient (Wildman–Crippen LogP) is 3.70. The molecular formula is C36H49N3O7. The van der Waals surface area contributed by atoms with Crippen LogP contribution in [0.4, 0.5) is 0 Å². The van der Waals surface area contributed by atoms with E-state index in [0.717, 1.165) is 5.56 Å². The van der Waals surface area contributed by atoms with Gasteiger partial charge in [0.15, 0.2) is 0 Å². The summed E-state index contributed by atoms with van der Waals surface area (Å²) >= 11 is 0. The lowest BCUT2D eigenvalue weighted by Gasteiger charge is -2.45. The average Bonchev–Trinajstić information content (AvgIpc) is 3.63. The molecule has 5 rings (SSSR count). The number of aliphatic hydroxyl groups excluding tert-OH is 1. The number of fused-ring (bicyclic) bond motifs is 2. The standard InChI is InChI=1S/C36H49N3O7/c1-34(2,3)23-35(4,5)39-20-11-7-10-16-27(41)37-22-26(24-14-8-6-9-15-24)45-33(44)28-25-17-18-36(46-25)29(28)31(42)38(19-12-13-21-40)30(36)32(39)43/h6-9,11,14-15,17-18,25-26,28-30,40H,10,12-13,16,19-23H2,1-5H3,(H,37,41)/b11-7-/t25-,26-,28+,29+,30-,36+/m0/s1. The SMILES string of the molecule is CC(C)(C)CC(C)(C)N1C/C=C\CCC(=O)NC[C@@H](c2ccccc2)OC(=O)[C@@H]2[C@@H]3C=C[C@]4(O3)[C@H](C1=O)N(CCCCO)C(=O)[C@@H]24. The normalized spacial score (nSPS) is 31.2. The van der Waals surface area contributed by atoms with Gasteiger partial charge in [0, 0.05) is 31.7 Å². The van der Waals surface area contributed by atoms with Crippen molar-refractivity contribution in [3.63, 3.8) is 0 Å². The second kappa shape index (κ2) is 13.3. The summed E-state index contributed by atoms with van der Waals surface area (Å²) in [7, 11) is 0. The maximum Gasteiger partial charge on any atom is 0.313 e. The fraction of sp³-hybridized carbons (Fsp3) is 0.611. The Hall–Kier alpha value is -3.50. The van der Waals surface area contributed by atoms with E-state index in [0.29, 0.717) is 25.7 Å². The number of esters is 1. The molecule has 46 heavy (non-hydrogen) atoms. The molecule has 0 unspecified atom stereocenters. The van der Waals surface area contributed by atoms with Gasteiger partial charge in [-0.2, -0.15) is 0 Å². The first-order valence-corrected chi connectivity index (χ1v) is 16.6. The van der Waals surface area contributed by atoms with Crippen LogP contribution >= 0.6 is 0 Å². The number of hydrogen-bond donors (Lipinski definition) is 2. The molecule has 3 amide bonds. The molecule has 6 atom stereocenters. The zero-order valence-corrected chi connectivity index (χ0v) is 27.7. The predicted molar refractivity (Wildman–Crippen MR) is 172 cm³/mol. The van der Waals surface area contributed by atoms with E-state index in [1.54, 1.807) is 11.0 Å². The van der Waals surface area contributed by atoms with Gasteiger partial charge in [-0.1, -0.05) is 75.4 Å². The molecular weight excluding hydrogens is 586 g/mol. The number of hydrogen-bond acceptors (Lipinski definition) is 7. The summed E-state index contributed by atoms with van der Waals surface area (Å²) in [5.41, 5.74) is -1.31. The zero-order valence-electron chi connectivity index (χ0n) is 27.7. The number of carbonyl (C=O) groups excluding carboxylic acids is 4. The first-order chi connectivity index (χ1) is 21.8. The van der Waals surface area contributed by atoms with Crippen LogP contribution < -0.4 is 5.32 Å². The van der Waals surface area contributed by atoms with E-state index in [-0.39, 0.29) is 55.8 Å². The third-order valence-corrected chi connectivity index (χ3v) is 9.55. The summed E-state index contributed by atoms with van der Waals surface area (Å²) in [5, 5.41) is 12.4. The van der Waals surface area contributed by atoms with Gasteiger partial charge in [-0.05, 0) is 50.5 Å². The van der Waals surface area contributed by atoms with Crippen molar-refractivity contribution in [2.75, 3.05) is 26.2 Å². The van der Waals surface area contributed by atoms with Gasteiger partial charge in [0.1, 0.15) is 23.7 Å². The van der Waals surface area contributed by atoms with Crippen molar-refractivity contribution in [3.05, 3.63) is 60.2 Å². The molecule has 2 N–H and O–H groups in total. The Morgan fingerprint density at radius 2 is 1.74 bits per heavy atom. The molecule has 1 spiro atoms. The number of aliphatic hydroxyl groups is 1. The Labute approximate surface area is 272 Å². The van der Waals surface area contributed by atoms with E-state index < -0.39 is 47.2 Å². The Bertz CT molecular complexity index is 1370. The highest BCUT2D eigenvalue weighted by Gasteiger charge is 2.73. The number of ether oxygens (including phenoxy) is 2. The summed E-state index contributed by atoms with van der Waals surface area (Å²) < 4.78 is 12.7. The number of nitrogens with one attached hydrogen (secondary N) is 1. The van der Waals surface area contributed by atoms with Crippen molar-refractivity contribution in [2.24, 2.45) is 17.3 Å². The second-order valence-electron chi connectivity index (χ2n) is 14.8. The summed E-state index contributed by atoms with van der Waals surface area (Å²) in [6.07, 6.45) is 8.31. The summed E-state index contributed by atoms with van der Waals surface area (Å²) in [5.74, 6) is -3.24. The summed E-state index contributed by atoms with van der Waals surface area (Å²) in [6, 6.07) is 8.22. The Balaban J connectivity index is 1.58. The van der Waals surface area contributed by atoms with Gasteiger partial charge in [-0.3, -0.25) is 19.2 Å². The minimum absolute atomic E-state index is 0.0322. The van der Waals surface area contributed by atoms with Crippen LogP contribution in [0.3, 0.4) is 0 Å². The molecule has 5 bridgehead atoms. The fourth-order valence-corrected chi connectivity index (χ4v) is 7.95. The lowest BCUT2D eigenvalue weighted by molar-refractivity contribution is -0.160. The third kappa shape index (κ3) is 6.65. The smallest absolute Gasteiger partial charge is 0.313 e. The van der Waals surface area contributed by atoms with Crippen LogP contribution in [0.1, 0.15) is 78.4 Å². The molecule has 2 fully saturated rings. The maximum atomic E-state index is 15.0. The van der Waals surface area contributed by atoms with Crippen molar-refractivity contribution in [1.29, 1.82) is 0 Å². The van der Waals surface area contributed by atoms with Crippen LogP contribution in [0, 0.1) is 17.3 Å². The molecule has 0 aliphatic carbocycles. The van der Waals surface area contributed by atoms with Crippen LogP contribution in [0.25, 0.3) is 0 Å². The number of allylic oxidation sites excluding steroid dienone is 1. The molecule has 0 saturated carbocycles. The molecule has 1 aromatic carbocycles. The minimum atomic E-state index is -1.33. The van der Waals surface area contributed by atoms with E-state index in [1.807, 2.05) is 67.3 Å². The zero-order chi connectivity index (χ0) is 33.3. The number of likely N-dealkylation sites (tertiary alicyclic amines) is 1. The number of carbonyl (C=O) groups is 4. The topological polar surface area (TPSA) is 125 Å². The fourth-order valence-electron chi connectivity index (χ4n) is 7.95. The van der Waals surface area contributed by atoms with Crippen molar-refractivity contribution < 1.29 is 33.8 Å². The number of amides is 3. The van der Waals surface area contributed by atoms with Crippen molar-refractivity contribution in [1.82, 2.24) is 15.1 Å². The van der Waals surface area contributed by atoms with E-state index in [4.69, 9.17) is 9.47 Å². The van der Waals surface area contributed by atoms with Gasteiger partial charge in [0.2, 0.25) is 17.7 Å². The van der Waals surface area contributed by atoms with E-state index in [2.05, 4.69) is 26.1 Å². The van der Waals surface area contributed by atoms with Gasteiger partial charge in [0.25, 0.3) is 0 Å². The number of rotatable bonds is 7. The van der Waals surface area contributed by atoms with Gasteiger partial charge < -0.3 is 29.7 Å². The van der Waals surface area contributed by atoms with Crippen molar-refractivity contribution in [3.8, 4) is 0 Å². The Morgan fingerprint density at radius 1 is 1.00 bits per heavy atom. The van der Waals surface area contributed by atoms with Crippen LogP contribution in [-0.4, -0.2) is 88.1 Å². The van der Waals surface area contributed by atoms with Crippen LogP contribution in [0.15, 0.2) is 54.6 Å². The van der Waals surface area contributed by atoms with Crippen LogP contribution in [0.5, 0.6) is 0 Å². The molecule has 2 saturated heterocycles. The lowest BCUT2D eigenvalue weighted by atomic mass is 9.74. The molecule has 1 aromatic rings. The van der Waals surface area contributed by atoms with Gasteiger partial charge in [0.05, 0.1) is 18.6 Å². The van der Waals surface area contributed by atoms with Crippen LogP contribution in [0.2, 0.25) is 0 Å². The number of nitrogens with zero attached hydrogens (tertiary/aromatic N) is 2. The van der Waals surface area contributed by atoms with E-state index >= 15 is 0 Å². The molecule has 10 nitrogen and oxygen atoms in total. The molecule has 4 heterocycles. The highest BCUT2D eigenvalue weighted by atomic mass is 16.6.